The molecule has 25 heavy (non-hydrogen) atoms. The second-order valence-electron chi connectivity index (χ2n) is 10.3. The second kappa shape index (κ2) is 6.24. The lowest BCUT2D eigenvalue weighted by molar-refractivity contribution is -0.145. The molecule has 1 heteroatoms. The molecule has 7 unspecified atom stereocenters. The highest BCUT2D eigenvalue weighted by molar-refractivity contribution is 5.99. The average Bonchev–Trinajstić information content (AvgIpc) is 2.93. The lowest BCUT2D eigenvalue weighted by Gasteiger charge is -2.60. The molecular formula is C24H38O. The molecule has 0 aromatic rings. The van der Waals surface area contributed by atoms with Crippen LogP contribution in [0.1, 0.15) is 91.9 Å². The van der Waals surface area contributed by atoms with Gasteiger partial charge in [0.15, 0.2) is 5.78 Å². The number of Topliss-reactive ketones (excluding diaryl/α,β-unsaturated/α-hetero) is 1. The van der Waals surface area contributed by atoms with Gasteiger partial charge in [0.2, 0.25) is 0 Å². The van der Waals surface area contributed by atoms with Gasteiger partial charge in [0, 0.05) is 5.92 Å². The summed E-state index contributed by atoms with van der Waals surface area (Å²) in [6.07, 6.45) is 15.6. The molecule has 4 fully saturated rings. The third-order valence-electron chi connectivity index (χ3n) is 9.48. The second-order valence-corrected chi connectivity index (χ2v) is 10.3. The van der Waals surface area contributed by atoms with Crippen LogP contribution in [0.3, 0.4) is 0 Å². The van der Waals surface area contributed by atoms with Crippen LogP contribution in [0, 0.1) is 40.4 Å². The molecule has 0 aromatic carbocycles. The van der Waals surface area contributed by atoms with E-state index in [4.69, 9.17) is 0 Å². The minimum Gasteiger partial charge on any atom is -0.294 e. The van der Waals surface area contributed by atoms with E-state index >= 15 is 0 Å². The number of ketones is 1. The van der Waals surface area contributed by atoms with Gasteiger partial charge in [-0.2, -0.15) is 0 Å². The Morgan fingerprint density at radius 3 is 2.48 bits per heavy atom. The van der Waals surface area contributed by atoms with Crippen molar-refractivity contribution in [1.82, 2.24) is 0 Å². The van der Waals surface area contributed by atoms with Crippen LogP contribution in [0.15, 0.2) is 11.6 Å². The number of carbonyl (C=O) groups excluding carboxylic acids is 1. The van der Waals surface area contributed by atoms with Gasteiger partial charge in [0.1, 0.15) is 0 Å². The first-order chi connectivity index (χ1) is 12.0. The van der Waals surface area contributed by atoms with E-state index in [9.17, 15) is 4.79 Å². The van der Waals surface area contributed by atoms with Crippen molar-refractivity contribution in [3.63, 3.8) is 0 Å². The van der Waals surface area contributed by atoms with E-state index in [1.54, 1.807) is 0 Å². The molecule has 0 saturated heterocycles. The minimum atomic E-state index is 0.339. The Labute approximate surface area is 155 Å². The minimum absolute atomic E-state index is 0.339. The third kappa shape index (κ3) is 2.36. The summed E-state index contributed by atoms with van der Waals surface area (Å²) >= 11 is 0. The monoisotopic (exact) mass is 342 g/mol. The Morgan fingerprint density at radius 2 is 1.76 bits per heavy atom. The van der Waals surface area contributed by atoms with Crippen molar-refractivity contribution in [1.29, 1.82) is 0 Å². The molecular weight excluding hydrogens is 304 g/mol. The fourth-order valence-corrected chi connectivity index (χ4v) is 8.20. The summed E-state index contributed by atoms with van der Waals surface area (Å²) in [5, 5.41) is 0. The van der Waals surface area contributed by atoms with Gasteiger partial charge in [-0.1, -0.05) is 52.5 Å². The van der Waals surface area contributed by atoms with Gasteiger partial charge in [-0.15, -0.1) is 0 Å². The van der Waals surface area contributed by atoms with Crippen LogP contribution in [0.2, 0.25) is 0 Å². The van der Waals surface area contributed by atoms with Crippen molar-refractivity contribution < 1.29 is 4.79 Å². The van der Waals surface area contributed by atoms with E-state index in [0.29, 0.717) is 40.3 Å². The van der Waals surface area contributed by atoms with Crippen molar-refractivity contribution in [2.45, 2.75) is 91.9 Å². The van der Waals surface area contributed by atoms with Crippen LogP contribution < -0.4 is 0 Å². The summed E-state index contributed by atoms with van der Waals surface area (Å²) < 4.78 is 0. The lowest BCUT2D eigenvalue weighted by atomic mass is 9.43. The van der Waals surface area contributed by atoms with Crippen LogP contribution in [0.5, 0.6) is 0 Å². The zero-order chi connectivity index (χ0) is 17.8. The van der Waals surface area contributed by atoms with Crippen LogP contribution in [0.25, 0.3) is 0 Å². The van der Waals surface area contributed by atoms with Crippen LogP contribution in [0.4, 0.5) is 0 Å². The molecule has 140 valence electrons. The SMILES string of the molecule is C/C=C1/C(=O)C2C3CCC(CCC)C3(C)CCC2C2(C)CCCCC12. The number of hydrogen-bond acceptors (Lipinski definition) is 1. The molecule has 4 aliphatic rings. The molecule has 0 aliphatic heterocycles. The lowest BCUT2D eigenvalue weighted by Crippen LogP contribution is -2.57. The first-order valence-electron chi connectivity index (χ1n) is 11.2. The van der Waals surface area contributed by atoms with Crippen LogP contribution >= 0.6 is 0 Å². The van der Waals surface area contributed by atoms with E-state index in [0.717, 1.165) is 5.92 Å². The Balaban J connectivity index is 1.73. The quantitative estimate of drug-likeness (QED) is 0.519. The highest BCUT2D eigenvalue weighted by Gasteiger charge is 2.63. The molecule has 0 heterocycles. The van der Waals surface area contributed by atoms with Crippen molar-refractivity contribution in [3.05, 3.63) is 11.6 Å². The van der Waals surface area contributed by atoms with Crippen LogP contribution in [-0.2, 0) is 4.79 Å². The zero-order valence-corrected chi connectivity index (χ0v) is 16.9. The Hall–Kier alpha value is -0.590. The van der Waals surface area contributed by atoms with E-state index in [1.165, 1.54) is 69.8 Å². The largest absolute Gasteiger partial charge is 0.294 e. The molecule has 0 bridgehead atoms. The number of fused-ring (bicyclic) bond motifs is 5. The van der Waals surface area contributed by atoms with Gasteiger partial charge in [-0.3, -0.25) is 4.79 Å². The summed E-state index contributed by atoms with van der Waals surface area (Å²) in [6.45, 7) is 9.57. The van der Waals surface area contributed by atoms with Gasteiger partial charge in [-0.25, -0.2) is 0 Å². The predicted molar refractivity (Wildman–Crippen MR) is 104 cm³/mol. The number of carbonyl (C=O) groups is 1. The average molecular weight is 343 g/mol. The first kappa shape index (κ1) is 17.8. The fraction of sp³-hybridized carbons (Fsp3) is 0.875. The van der Waals surface area contributed by atoms with E-state index in [2.05, 4.69) is 33.8 Å². The normalized spacial score (nSPS) is 51.1. The molecule has 0 amide bonds. The Morgan fingerprint density at radius 1 is 1.00 bits per heavy atom. The number of hydrogen-bond donors (Lipinski definition) is 0. The fourth-order valence-electron chi connectivity index (χ4n) is 8.20. The third-order valence-corrected chi connectivity index (χ3v) is 9.48. The molecule has 0 aromatic heterocycles. The predicted octanol–water partition coefficient (Wildman–Crippen LogP) is 6.57. The molecule has 1 nitrogen and oxygen atoms in total. The van der Waals surface area contributed by atoms with Crippen molar-refractivity contribution in [2.24, 2.45) is 40.4 Å². The summed E-state index contributed by atoms with van der Waals surface area (Å²) in [6, 6.07) is 0. The first-order valence-corrected chi connectivity index (χ1v) is 11.2. The Kier molecular flexibility index (Phi) is 4.44. The van der Waals surface area contributed by atoms with E-state index in [-0.39, 0.29) is 0 Å². The van der Waals surface area contributed by atoms with Crippen molar-refractivity contribution >= 4 is 5.78 Å². The zero-order valence-electron chi connectivity index (χ0n) is 16.9. The molecule has 4 rings (SSSR count). The maximum atomic E-state index is 13.7. The topological polar surface area (TPSA) is 17.1 Å². The summed E-state index contributed by atoms with van der Waals surface area (Å²) in [4.78, 5) is 13.7. The summed E-state index contributed by atoms with van der Waals surface area (Å²) in [5.41, 5.74) is 2.05. The summed E-state index contributed by atoms with van der Waals surface area (Å²) in [5.74, 6) is 3.65. The maximum Gasteiger partial charge on any atom is 0.162 e. The maximum absolute atomic E-state index is 13.7. The molecule has 0 spiro atoms. The van der Waals surface area contributed by atoms with Gasteiger partial charge in [-0.05, 0) is 85.5 Å². The van der Waals surface area contributed by atoms with E-state index < -0.39 is 0 Å². The number of rotatable bonds is 2. The smallest absolute Gasteiger partial charge is 0.162 e. The summed E-state index contributed by atoms with van der Waals surface area (Å²) in [7, 11) is 0. The van der Waals surface area contributed by atoms with Gasteiger partial charge in [0.05, 0.1) is 0 Å². The van der Waals surface area contributed by atoms with E-state index in [1.807, 2.05) is 0 Å². The molecule has 4 aliphatic carbocycles. The van der Waals surface area contributed by atoms with Crippen molar-refractivity contribution in [2.75, 3.05) is 0 Å². The highest BCUT2D eigenvalue weighted by Crippen LogP contribution is 2.67. The van der Waals surface area contributed by atoms with Gasteiger partial charge >= 0.3 is 0 Å². The molecule has 0 N–H and O–H groups in total. The number of allylic oxidation sites excluding steroid dienone is 2. The van der Waals surface area contributed by atoms with Crippen LogP contribution in [-0.4, -0.2) is 5.78 Å². The van der Waals surface area contributed by atoms with Gasteiger partial charge < -0.3 is 0 Å². The molecule has 7 atom stereocenters. The van der Waals surface area contributed by atoms with Gasteiger partial charge in [0.25, 0.3) is 0 Å². The van der Waals surface area contributed by atoms with Crippen molar-refractivity contribution in [3.8, 4) is 0 Å². The molecule has 4 saturated carbocycles. The standard InChI is InChI=1S/C24H38O/c1-5-9-16-11-12-19-21-20(13-15-23(16,19)3)24(4)14-8-7-10-18(24)17(6-2)22(21)25/h6,16,18-21H,5,7-15H2,1-4H3/b17-6+. The molecule has 0 radical (unpaired) electrons. The Bertz CT molecular complexity index is 575. The highest BCUT2D eigenvalue weighted by atomic mass is 16.1.